The largest absolute Gasteiger partial charge is 0.493 e. The second-order valence-corrected chi connectivity index (χ2v) is 4.80. The second-order valence-electron chi connectivity index (χ2n) is 4.80. The van der Waals surface area contributed by atoms with Gasteiger partial charge in [-0.2, -0.15) is 0 Å². The van der Waals surface area contributed by atoms with Gasteiger partial charge in [0, 0.05) is 5.69 Å². The zero-order valence-corrected chi connectivity index (χ0v) is 13.8. The van der Waals surface area contributed by atoms with Crippen molar-refractivity contribution in [2.45, 2.75) is 6.92 Å². The average Bonchev–Trinajstić information content (AvgIpc) is 2.61. The quantitative estimate of drug-likeness (QED) is 0.824. The molecule has 1 amide bonds. The summed E-state index contributed by atoms with van der Waals surface area (Å²) in [4.78, 5) is 24.3. The number of carbonyl (C=O) groups excluding carboxylic acids is 2. The highest BCUT2D eigenvalue weighted by molar-refractivity contribution is 6.07. The van der Waals surface area contributed by atoms with Crippen LogP contribution in [0.5, 0.6) is 11.5 Å². The number of esters is 1. The van der Waals surface area contributed by atoms with Crippen LogP contribution < -0.4 is 14.8 Å². The summed E-state index contributed by atoms with van der Waals surface area (Å²) in [5, 5.41) is 2.74. The molecule has 0 bridgehead atoms. The number of ether oxygens (including phenoxy) is 3. The van der Waals surface area contributed by atoms with Gasteiger partial charge in [0.2, 0.25) is 0 Å². The molecule has 0 aliphatic heterocycles. The summed E-state index contributed by atoms with van der Waals surface area (Å²) in [6.07, 6.45) is 0. The summed E-state index contributed by atoms with van der Waals surface area (Å²) in [5.74, 6) is 0.00351. The van der Waals surface area contributed by atoms with Crippen molar-refractivity contribution in [2.24, 2.45) is 0 Å². The van der Waals surface area contributed by atoms with Gasteiger partial charge in [0.1, 0.15) is 0 Å². The van der Waals surface area contributed by atoms with Gasteiger partial charge in [0.15, 0.2) is 11.5 Å². The van der Waals surface area contributed by atoms with Crippen LogP contribution in [0.4, 0.5) is 5.69 Å². The van der Waals surface area contributed by atoms with Gasteiger partial charge in [-0.1, -0.05) is 12.1 Å². The van der Waals surface area contributed by atoms with E-state index in [-0.39, 0.29) is 12.5 Å². The van der Waals surface area contributed by atoms with Crippen molar-refractivity contribution in [2.75, 3.05) is 26.1 Å². The third-order valence-electron chi connectivity index (χ3n) is 3.28. The van der Waals surface area contributed by atoms with E-state index in [1.165, 1.54) is 14.2 Å². The molecule has 6 heteroatoms. The number of methoxy groups -OCH3 is 2. The van der Waals surface area contributed by atoms with E-state index >= 15 is 0 Å². The minimum absolute atomic E-state index is 0.288. The van der Waals surface area contributed by atoms with E-state index in [0.29, 0.717) is 28.3 Å². The number of amides is 1. The lowest BCUT2D eigenvalue weighted by Crippen LogP contribution is -2.14. The fourth-order valence-corrected chi connectivity index (χ4v) is 2.20. The zero-order valence-electron chi connectivity index (χ0n) is 13.8. The maximum atomic E-state index is 12.5. The van der Waals surface area contributed by atoms with E-state index in [4.69, 9.17) is 14.2 Å². The molecule has 126 valence electrons. The Balaban J connectivity index is 2.24. The molecular weight excluding hydrogens is 310 g/mol. The maximum absolute atomic E-state index is 12.5. The van der Waals surface area contributed by atoms with Crippen LogP contribution in [-0.2, 0) is 4.74 Å². The highest BCUT2D eigenvalue weighted by Gasteiger charge is 2.17. The van der Waals surface area contributed by atoms with Crippen molar-refractivity contribution in [1.29, 1.82) is 0 Å². The molecule has 0 radical (unpaired) electrons. The molecule has 2 aromatic carbocycles. The number of carbonyl (C=O) groups is 2. The molecule has 0 saturated carbocycles. The lowest BCUT2D eigenvalue weighted by Gasteiger charge is -2.13. The number of hydrogen-bond acceptors (Lipinski definition) is 5. The lowest BCUT2D eigenvalue weighted by molar-refractivity contribution is 0.0526. The van der Waals surface area contributed by atoms with E-state index in [1.807, 2.05) is 0 Å². The molecule has 0 aromatic heterocycles. The minimum Gasteiger partial charge on any atom is -0.493 e. The SMILES string of the molecule is CCOC(=O)c1cccc(NC(=O)c2cccc(OC)c2OC)c1. The Morgan fingerprint density at radius 3 is 2.46 bits per heavy atom. The summed E-state index contributed by atoms with van der Waals surface area (Å²) >= 11 is 0. The zero-order chi connectivity index (χ0) is 17.5. The smallest absolute Gasteiger partial charge is 0.338 e. The third kappa shape index (κ3) is 3.84. The van der Waals surface area contributed by atoms with Crippen molar-refractivity contribution in [1.82, 2.24) is 0 Å². The molecular formula is C18H19NO5. The molecule has 24 heavy (non-hydrogen) atoms. The van der Waals surface area contributed by atoms with Crippen molar-refractivity contribution in [3.8, 4) is 11.5 Å². The van der Waals surface area contributed by atoms with Crippen molar-refractivity contribution in [3.63, 3.8) is 0 Å². The Labute approximate surface area is 140 Å². The van der Waals surface area contributed by atoms with Gasteiger partial charge in [-0.15, -0.1) is 0 Å². The van der Waals surface area contributed by atoms with Crippen LogP contribution in [-0.4, -0.2) is 32.7 Å². The molecule has 0 heterocycles. The lowest BCUT2D eigenvalue weighted by atomic mass is 10.1. The highest BCUT2D eigenvalue weighted by atomic mass is 16.5. The first-order chi connectivity index (χ1) is 11.6. The molecule has 6 nitrogen and oxygen atoms in total. The monoisotopic (exact) mass is 329 g/mol. The van der Waals surface area contributed by atoms with Gasteiger partial charge in [0.05, 0.1) is 32.0 Å². The second kappa shape index (κ2) is 8.01. The number of anilines is 1. The van der Waals surface area contributed by atoms with Crippen LogP contribution in [0.1, 0.15) is 27.6 Å². The van der Waals surface area contributed by atoms with E-state index in [1.54, 1.807) is 49.4 Å². The summed E-state index contributed by atoms with van der Waals surface area (Å²) in [5.41, 5.74) is 1.18. The molecule has 0 aliphatic rings. The summed E-state index contributed by atoms with van der Waals surface area (Å²) in [6, 6.07) is 11.6. The number of para-hydroxylation sites is 1. The molecule has 1 N–H and O–H groups in total. The fraction of sp³-hybridized carbons (Fsp3) is 0.222. The normalized spacial score (nSPS) is 9.96. The standard InChI is InChI=1S/C18H19NO5/c1-4-24-18(21)12-7-5-8-13(11-12)19-17(20)14-9-6-10-15(22-2)16(14)23-3/h5-11H,4H2,1-3H3,(H,19,20). The molecule has 0 spiro atoms. The number of hydrogen-bond donors (Lipinski definition) is 1. The number of rotatable bonds is 6. The van der Waals surface area contributed by atoms with Gasteiger partial charge >= 0.3 is 5.97 Å². The summed E-state index contributed by atoms with van der Waals surface area (Å²) < 4.78 is 15.4. The maximum Gasteiger partial charge on any atom is 0.338 e. The van der Waals surface area contributed by atoms with Crippen molar-refractivity contribution >= 4 is 17.6 Å². The Morgan fingerprint density at radius 1 is 1.04 bits per heavy atom. The van der Waals surface area contributed by atoms with Gasteiger partial charge in [0.25, 0.3) is 5.91 Å². The van der Waals surface area contributed by atoms with Crippen molar-refractivity contribution < 1.29 is 23.8 Å². The first-order valence-corrected chi connectivity index (χ1v) is 7.40. The first-order valence-electron chi connectivity index (χ1n) is 7.40. The predicted octanol–water partition coefficient (Wildman–Crippen LogP) is 3.13. The van der Waals surface area contributed by atoms with Crippen LogP contribution in [0, 0.1) is 0 Å². The van der Waals surface area contributed by atoms with Crippen LogP contribution in [0.2, 0.25) is 0 Å². The summed E-state index contributed by atoms with van der Waals surface area (Å²) in [6.45, 7) is 2.02. The van der Waals surface area contributed by atoms with Gasteiger partial charge in [-0.25, -0.2) is 4.79 Å². The average molecular weight is 329 g/mol. The topological polar surface area (TPSA) is 73.9 Å². The predicted molar refractivity (Wildman–Crippen MR) is 89.9 cm³/mol. The van der Waals surface area contributed by atoms with E-state index in [9.17, 15) is 9.59 Å². The molecule has 2 aromatic rings. The van der Waals surface area contributed by atoms with Gasteiger partial charge in [-0.05, 0) is 37.3 Å². The molecule has 0 unspecified atom stereocenters. The number of nitrogens with one attached hydrogen (secondary N) is 1. The van der Waals surface area contributed by atoms with E-state index in [2.05, 4.69) is 5.32 Å². The van der Waals surface area contributed by atoms with E-state index < -0.39 is 5.97 Å². The van der Waals surface area contributed by atoms with Gasteiger partial charge < -0.3 is 19.5 Å². The fourth-order valence-electron chi connectivity index (χ4n) is 2.20. The Bertz CT molecular complexity index is 742. The van der Waals surface area contributed by atoms with Crippen LogP contribution >= 0.6 is 0 Å². The molecule has 2 rings (SSSR count). The minimum atomic E-state index is -0.437. The Hall–Kier alpha value is -3.02. The van der Waals surface area contributed by atoms with Crippen LogP contribution in [0.15, 0.2) is 42.5 Å². The van der Waals surface area contributed by atoms with Crippen LogP contribution in [0.3, 0.4) is 0 Å². The Kier molecular flexibility index (Phi) is 5.78. The van der Waals surface area contributed by atoms with Crippen LogP contribution in [0.25, 0.3) is 0 Å². The summed E-state index contributed by atoms with van der Waals surface area (Å²) in [7, 11) is 2.97. The van der Waals surface area contributed by atoms with Gasteiger partial charge in [-0.3, -0.25) is 4.79 Å². The van der Waals surface area contributed by atoms with Crippen molar-refractivity contribution in [3.05, 3.63) is 53.6 Å². The molecule has 0 atom stereocenters. The molecule has 0 fully saturated rings. The van der Waals surface area contributed by atoms with E-state index in [0.717, 1.165) is 0 Å². The highest BCUT2D eigenvalue weighted by Crippen LogP contribution is 2.31. The third-order valence-corrected chi connectivity index (χ3v) is 3.28. The number of benzene rings is 2. The first kappa shape index (κ1) is 17.3. The Morgan fingerprint density at radius 2 is 1.79 bits per heavy atom. The molecule has 0 aliphatic carbocycles. The molecule has 0 saturated heterocycles.